The number of sulfonamides is 1. The lowest BCUT2D eigenvalue weighted by molar-refractivity contribution is -0.141. The molecule has 0 aliphatic carbocycles. The van der Waals surface area contributed by atoms with Gasteiger partial charge in [0, 0.05) is 36.6 Å². The van der Waals surface area contributed by atoms with E-state index in [0.717, 1.165) is 21.9 Å². The van der Waals surface area contributed by atoms with Crippen molar-refractivity contribution in [1.29, 1.82) is 0 Å². The average molecular weight is 577 g/mol. The van der Waals surface area contributed by atoms with Crippen LogP contribution in [0.25, 0.3) is 0 Å². The van der Waals surface area contributed by atoms with Gasteiger partial charge in [0.2, 0.25) is 21.8 Å². The van der Waals surface area contributed by atoms with Crippen LogP contribution in [0, 0.1) is 0 Å². The molecule has 0 aliphatic heterocycles. The number of carbonyl (C=O) groups excluding carboxylic acids is 2. The highest BCUT2D eigenvalue weighted by Crippen LogP contribution is 2.20. The third kappa shape index (κ3) is 8.04. The van der Waals surface area contributed by atoms with Crippen molar-refractivity contribution >= 4 is 45.0 Å². The number of amides is 2. The minimum absolute atomic E-state index is 0.0140. The molecule has 0 radical (unpaired) electrons. The molecule has 202 valence electrons. The highest BCUT2D eigenvalue weighted by Gasteiger charge is 2.33. The molecular weight excluding hydrogens is 545 g/mol. The van der Waals surface area contributed by atoms with Gasteiger partial charge < -0.3 is 10.2 Å². The zero-order valence-electron chi connectivity index (χ0n) is 21.3. The first-order valence-corrected chi connectivity index (χ1v) is 14.4. The van der Waals surface area contributed by atoms with Crippen molar-refractivity contribution < 1.29 is 18.0 Å². The van der Waals surface area contributed by atoms with Crippen molar-refractivity contribution in [3.8, 4) is 0 Å². The van der Waals surface area contributed by atoms with Gasteiger partial charge in [-0.25, -0.2) is 8.42 Å². The standard InChI is InChI=1S/C28H31Cl2N3O4S/c1-3-16-31-28(35)26(18-21-8-5-4-6-9-21)33(19-22-10-7-11-24(30)17-22)27(34)20-32(2)38(36,37)25-14-12-23(29)13-15-25/h4-15,17,26H,3,16,18-20H2,1-2H3,(H,31,35)/t26-/m0/s1. The van der Waals surface area contributed by atoms with Gasteiger partial charge in [0.1, 0.15) is 6.04 Å². The van der Waals surface area contributed by atoms with Crippen molar-refractivity contribution in [3.63, 3.8) is 0 Å². The lowest BCUT2D eigenvalue weighted by Gasteiger charge is -2.32. The van der Waals surface area contributed by atoms with Crippen molar-refractivity contribution in [2.75, 3.05) is 20.1 Å². The number of rotatable bonds is 12. The first kappa shape index (κ1) is 29.6. The zero-order valence-corrected chi connectivity index (χ0v) is 23.6. The van der Waals surface area contributed by atoms with Crippen LogP contribution in [0.4, 0.5) is 0 Å². The molecule has 0 unspecified atom stereocenters. The molecule has 10 heteroatoms. The normalized spacial score (nSPS) is 12.2. The summed E-state index contributed by atoms with van der Waals surface area (Å²) in [5.41, 5.74) is 1.59. The Morgan fingerprint density at radius 2 is 1.55 bits per heavy atom. The van der Waals surface area contributed by atoms with Gasteiger partial charge in [0.15, 0.2) is 0 Å². The van der Waals surface area contributed by atoms with E-state index in [-0.39, 0.29) is 23.8 Å². The minimum atomic E-state index is -3.98. The van der Waals surface area contributed by atoms with E-state index in [1.807, 2.05) is 43.3 Å². The highest BCUT2D eigenvalue weighted by molar-refractivity contribution is 7.89. The maximum Gasteiger partial charge on any atom is 0.243 e. The van der Waals surface area contributed by atoms with Crippen molar-refractivity contribution in [2.45, 2.75) is 37.2 Å². The maximum atomic E-state index is 13.8. The SMILES string of the molecule is CCCNC(=O)[C@H](Cc1ccccc1)N(Cc1cccc(Cl)c1)C(=O)CN(C)S(=O)(=O)c1ccc(Cl)cc1. The molecular formula is C28H31Cl2N3O4S. The Kier molecular flexibility index (Phi) is 10.7. The van der Waals surface area contributed by atoms with Crippen LogP contribution >= 0.6 is 23.2 Å². The number of hydrogen-bond acceptors (Lipinski definition) is 4. The second-order valence-corrected chi connectivity index (χ2v) is 11.8. The van der Waals surface area contributed by atoms with Gasteiger partial charge in [0.05, 0.1) is 11.4 Å². The molecule has 38 heavy (non-hydrogen) atoms. The number of nitrogens with zero attached hydrogens (tertiary/aromatic N) is 2. The average Bonchev–Trinajstić information content (AvgIpc) is 2.90. The van der Waals surface area contributed by atoms with Gasteiger partial charge in [-0.3, -0.25) is 9.59 Å². The van der Waals surface area contributed by atoms with E-state index >= 15 is 0 Å². The van der Waals surface area contributed by atoms with Crippen molar-refractivity contribution in [3.05, 3.63) is 100 Å². The molecule has 0 saturated carbocycles. The molecule has 3 aromatic carbocycles. The summed E-state index contributed by atoms with van der Waals surface area (Å²) < 4.78 is 27.3. The predicted octanol–water partition coefficient (Wildman–Crippen LogP) is 4.78. The Bertz CT molecular complexity index is 1340. The number of likely N-dealkylation sites (N-methyl/N-ethyl adjacent to an activating group) is 1. The summed E-state index contributed by atoms with van der Waals surface area (Å²) >= 11 is 12.1. The van der Waals surface area contributed by atoms with Crippen LogP contribution in [-0.4, -0.2) is 55.6 Å². The Balaban J connectivity index is 1.96. The molecule has 0 heterocycles. The Morgan fingerprint density at radius 1 is 0.895 bits per heavy atom. The van der Waals surface area contributed by atoms with Crippen LogP contribution < -0.4 is 5.32 Å². The summed E-state index contributed by atoms with van der Waals surface area (Å²) in [4.78, 5) is 28.6. The Hall–Kier alpha value is -2.91. The Labute approximate surface area is 234 Å². The molecule has 2 amide bonds. The van der Waals surface area contributed by atoms with E-state index in [4.69, 9.17) is 23.2 Å². The summed E-state index contributed by atoms with van der Waals surface area (Å²) in [7, 11) is -2.64. The number of carbonyl (C=O) groups is 2. The number of nitrogens with one attached hydrogen (secondary N) is 1. The van der Waals surface area contributed by atoms with Crippen LogP contribution in [0.3, 0.4) is 0 Å². The summed E-state index contributed by atoms with van der Waals surface area (Å²) in [5.74, 6) is -0.827. The summed E-state index contributed by atoms with van der Waals surface area (Å²) in [5, 5.41) is 3.79. The van der Waals surface area contributed by atoms with Crippen LogP contribution in [0.15, 0.2) is 83.8 Å². The van der Waals surface area contributed by atoms with E-state index in [1.165, 1.54) is 36.2 Å². The molecule has 0 bridgehead atoms. The first-order chi connectivity index (χ1) is 18.1. The predicted molar refractivity (Wildman–Crippen MR) is 151 cm³/mol. The van der Waals surface area contributed by atoms with Gasteiger partial charge in [-0.15, -0.1) is 0 Å². The van der Waals surface area contributed by atoms with Gasteiger partial charge in [-0.1, -0.05) is 72.6 Å². The third-order valence-electron chi connectivity index (χ3n) is 5.94. The van der Waals surface area contributed by atoms with Crippen LogP contribution in [0.5, 0.6) is 0 Å². The molecule has 0 saturated heterocycles. The van der Waals surface area contributed by atoms with Gasteiger partial charge in [0.25, 0.3) is 0 Å². The van der Waals surface area contributed by atoms with Gasteiger partial charge in [-0.2, -0.15) is 4.31 Å². The van der Waals surface area contributed by atoms with E-state index in [0.29, 0.717) is 16.6 Å². The molecule has 1 atom stereocenters. The lowest BCUT2D eigenvalue weighted by atomic mass is 10.0. The summed E-state index contributed by atoms with van der Waals surface area (Å²) in [6.07, 6.45) is 0.991. The molecule has 3 rings (SSSR count). The summed E-state index contributed by atoms with van der Waals surface area (Å²) in [6, 6.07) is 21.3. The number of halogens is 2. The fourth-order valence-corrected chi connectivity index (χ4v) is 5.36. The fraction of sp³-hybridized carbons (Fsp3) is 0.286. The Morgan fingerprint density at radius 3 is 2.18 bits per heavy atom. The van der Waals surface area contributed by atoms with Crippen LogP contribution in [-0.2, 0) is 32.6 Å². The molecule has 1 N–H and O–H groups in total. The first-order valence-electron chi connectivity index (χ1n) is 12.2. The molecule has 0 spiro atoms. The number of benzene rings is 3. The number of hydrogen-bond donors (Lipinski definition) is 1. The van der Waals surface area contributed by atoms with E-state index in [9.17, 15) is 18.0 Å². The second kappa shape index (κ2) is 13.8. The zero-order chi connectivity index (χ0) is 27.7. The molecule has 7 nitrogen and oxygen atoms in total. The minimum Gasteiger partial charge on any atom is -0.354 e. The smallest absolute Gasteiger partial charge is 0.243 e. The van der Waals surface area contributed by atoms with Gasteiger partial charge in [-0.05, 0) is 53.9 Å². The van der Waals surface area contributed by atoms with Crippen LogP contribution in [0.2, 0.25) is 10.0 Å². The van der Waals surface area contributed by atoms with E-state index in [2.05, 4.69) is 5.32 Å². The van der Waals surface area contributed by atoms with E-state index in [1.54, 1.807) is 18.2 Å². The van der Waals surface area contributed by atoms with Gasteiger partial charge >= 0.3 is 0 Å². The largest absolute Gasteiger partial charge is 0.354 e. The molecule has 0 fully saturated rings. The van der Waals surface area contributed by atoms with Crippen molar-refractivity contribution in [2.24, 2.45) is 0 Å². The molecule has 3 aromatic rings. The summed E-state index contributed by atoms with van der Waals surface area (Å²) in [6.45, 7) is 2.01. The quantitative estimate of drug-likeness (QED) is 0.336. The third-order valence-corrected chi connectivity index (χ3v) is 8.25. The van der Waals surface area contributed by atoms with E-state index < -0.39 is 28.5 Å². The fourth-order valence-electron chi connectivity index (χ4n) is 3.90. The highest BCUT2D eigenvalue weighted by atomic mass is 35.5. The maximum absolute atomic E-state index is 13.8. The lowest BCUT2D eigenvalue weighted by Crippen LogP contribution is -2.53. The monoisotopic (exact) mass is 575 g/mol. The molecule has 0 aromatic heterocycles. The van der Waals surface area contributed by atoms with Crippen molar-refractivity contribution in [1.82, 2.24) is 14.5 Å². The topological polar surface area (TPSA) is 86.8 Å². The second-order valence-electron chi connectivity index (χ2n) is 8.86. The van der Waals surface area contributed by atoms with Crippen LogP contribution in [0.1, 0.15) is 24.5 Å². The molecule has 0 aliphatic rings.